The van der Waals surface area contributed by atoms with Gasteiger partial charge < -0.3 is 19.7 Å². The first-order valence-electron chi connectivity index (χ1n) is 13.2. The van der Waals surface area contributed by atoms with Crippen molar-refractivity contribution in [1.29, 1.82) is 0 Å². The molecule has 4 heterocycles. The van der Waals surface area contributed by atoms with E-state index >= 15 is 0 Å². The van der Waals surface area contributed by atoms with Crippen molar-refractivity contribution in [1.82, 2.24) is 35.1 Å². The molecule has 214 valence electrons. The van der Waals surface area contributed by atoms with Crippen molar-refractivity contribution >= 4 is 42.3 Å². The number of carbonyl (C=O) groups excluding carboxylic acids is 2. The molecule has 1 saturated heterocycles. The molecule has 0 radical (unpaired) electrons. The largest absolute Gasteiger partial charge is 0.458 e. The fourth-order valence-electron chi connectivity index (χ4n) is 3.65. The zero-order valence-corrected chi connectivity index (χ0v) is 25.4. The SMILES string of the molecule is CN(C)C(=O)Cc1cnc(N(COCC[Si](C)(C)C)c2ncc(-c3ccnc(OC4CCC(=O)NC4)n3)s2)nc1. The van der Waals surface area contributed by atoms with Crippen LogP contribution < -0.4 is 15.0 Å². The summed E-state index contributed by atoms with van der Waals surface area (Å²) in [6, 6.07) is 3.09. The van der Waals surface area contributed by atoms with Crippen LogP contribution in [0.2, 0.25) is 25.7 Å². The van der Waals surface area contributed by atoms with Crippen LogP contribution in [0, 0.1) is 0 Å². The van der Waals surface area contributed by atoms with E-state index in [4.69, 9.17) is 9.47 Å². The van der Waals surface area contributed by atoms with Gasteiger partial charge in [0.1, 0.15) is 12.8 Å². The zero-order chi connectivity index (χ0) is 28.7. The van der Waals surface area contributed by atoms with Crippen molar-refractivity contribution < 1.29 is 19.1 Å². The molecular formula is C26H36N8O4SSi. The van der Waals surface area contributed by atoms with Gasteiger partial charge in [-0.25, -0.2) is 19.9 Å². The number of hydrogen-bond donors (Lipinski definition) is 1. The molecule has 12 nitrogen and oxygen atoms in total. The fraction of sp³-hybridized carbons (Fsp3) is 0.500. The highest BCUT2D eigenvalue weighted by Crippen LogP contribution is 2.33. The van der Waals surface area contributed by atoms with E-state index in [2.05, 4.69) is 49.9 Å². The first-order valence-corrected chi connectivity index (χ1v) is 17.7. The van der Waals surface area contributed by atoms with Crippen molar-refractivity contribution in [2.75, 3.05) is 38.9 Å². The van der Waals surface area contributed by atoms with Crippen LogP contribution in [0.15, 0.2) is 30.9 Å². The molecule has 1 atom stereocenters. The molecule has 40 heavy (non-hydrogen) atoms. The lowest BCUT2D eigenvalue weighted by atomic mass is 10.1. The molecule has 1 unspecified atom stereocenters. The maximum absolute atomic E-state index is 12.1. The number of hydrogen-bond acceptors (Lipinski definition) is 11. The summed E-state index contributed by atoms with van der Waals surface area (Å²) in [4.78, 5) is 50.2. The van der Waals surface area contributed by atoms with Gasteiger partial charge in [-0.3, -0.25) is 14.5 Å². The van der Waals surface area contributed by atoms with E-state index < -0.39 is 8.07 Å². The van der Waals surface area contributed by atoms with Gasteiger partial charge in [0.2, 0.25) is 17.8 Å². The molecule has 14 heteroatoms. The number of likely N-dealkylation sites (N-methyl/N-ethyl adjacent to an activating group) is 1. The van der Waals surface area contributed by atoms with Crippen molar-refractivity contribution in [2.24, 2.45) is 0 Å². The Balaban J connectivity index is 1.51. The van der Waals surface area contributed by atoms with Gasteiger partial charge in [-0.15, -0.1) is 0 Å². The summed E-state index contributed by atoms with van der Waals surface area (Å²) in [6.07, 6.45) is 7.82. The Hall–Kier alpha value is -3.49. The minimum atomic E-state index is -1.26. The predicted octanol–water partition coefficient (Wildman–Crippen LogP) is 3.13. The van der Waals surface area contributed by atoms with Crippen molar-refractivity contribution in [2.45, 2.75) is 51.1 Å². The highest BCUT2D eigenvalue weighted by atomic mass is 32.1. The average Bonchev–Trinajstić information content (AvgIpc) is 3.40. The second-order valence-electron chi connectivity index (χ2n) is 10.9. The molecule has 3 aromatic heterocycles. The van der Waals surface area contributed by atoms with Crippen LogP contribution >= 0.6 is 11.3 Å². The second kappa shape index (κ2) is 13.2. The molecule has 1 N–H and O–H groups in total. The van der Waals surface area contributed by atoms with Gasteiger partial charge in [-0.1, -0.05) is 31.0 Å². The Bertz CT molecular complexity index is 1290. The number of carbonyl (C=O) groups is 2. The summed E-state index contributed by atoms with van der Waals surface area (Å²) < 4.78 is 12.0. The Morgan fingerprint density at radius 1 is 1.15 bits per heavy atom. The van der Waals surface area contributed by atoms with Crippen molar-refractivity contribution in [3.63, 3.8) is 0 Å². The maximum Gasteiger partial charge on any atom is 0.317 e. The number of nitrogens with zero attached hydrogens (tertiary/aromatic N) is 7. The smallest absolute Gasteiger partial charge is 0.317 e. The number of rotatable bonds is 12. The molecule has 1 aliphatic rings. The van der Waals surface area contributed by atoms with Crippen molar-refractivity contribution in [3.8, 4) is 16.6 Å². The van der Waals surface area contributed by atoms with E-state index in [-0.39, 0.29) is 37.1 Å². The molecule has 0 spiro atoms. The lowest BCUT2D eigenvalue weighted by Gasteiger charge is -2.22. The molecule has 4 rings (SSSR count). The van der Waals surface area contributed by atoms with Gasteiger partial charge in [0.05, 0.1) is 23.5 Å². The van der Waals surface area contributed by atoms with Gasteiger partial charge in [0.15, 0.2) is 5.13 Å². The van der Waals surface area contributed by atoms with Crippen LogP contribution in [0.5, 0.6) is 6.01 Å². The van der Waals surface area contributed by atoms with Crippen LogP contribution in [0.1, 0.15) is 18.4 Å². The highest BCUT2D eigenvalue weighted by Gasteiger charge is 2.22. The summed E-state index contributed by atoms with van der Waals surface area (Å²) in [6.45, 7) is 8.23. The normalized spacial score (nSPS) is 15.4. The van der Waals surface area contributed by atoms with Gasteiger partial charge in [0, 0.05) is 60.0 Å². The van der Waals surface area contributed by atoms with Crippen LogP contribution in [-0.4, -0.2) is 89.8 Å². The zero-order valence-electron chi connectivity index (χ0n) is 23.6. The number of piperidine rings is 1. The molecule has 0 aromatic carbocycles. The van der Waals surface area contributed by atoms with E-state index in [0.29, 0.717) is 42.8 Å². The molecule has 2 amide bonds. The molecule has 0 saturated carbocycles. The van der Waals surface area contributed by atoms with Gasteiger partial charge >= 0.3 is 6.01 Å². The molecular weight excluding hydrogens is 548 g/mol. The number of ether oxygens (including phenoxy) is 2. The van der Waals surface area contributed by atoms with E-state index in [9.17, 15) is 9.59 Å². The van der Waals surface area contributed by atoms with Crippen LogP contribution in [0.3, 0.4) is 0 Å². The lowest BCUT2D eigenvalue weighted by molar-refractivity contribution is -0.128. The van der Waals surface area contributed by atoms with Crippen molar-refractivity contribution in [3.05, 3.63) is 36.4 Å². The third-order valence-electron chi connectivity index (χ3n) is 6.11. The second-order valence-corrected chi connectivity index (χ2v) is 17.6. The minimum Gasteiger partial charge on any atom is -0.458 e. The topological polar surface area (TPSA) is 136 Å². The van der Waals surface area contributed by atoms with Crippen LogP contribution in [0.4, 0.5) is 11.1 Å². The number of nitrogens with one attached hydrogen (secondary N) is 1. The highest BCUT2D eigenvalue weighted by molar-refractivity contribution is 7.18. The summed E-state index contributed by atoms with van der Waals surface area (Å²) in [5.41, 5.74) is 1.40. The quantitative estimate of drug-likeness (QED) is 0.192. The fourth-order valence-corrected chi connectivity index (χ4v) is 5.27. The summed E-state index contributed by atoms with van der Waals surface area (Å²) in [5, 5.41) is 3.45. The number of anilines is 2. The Morgan fingerprint density at radius 2 is 1.93 bits per heavy atom. The summed E-state index contributed by atoms with van der Waals surface area (Å²) >= 11 is 1.43. The van der Waals surface area contributed by atoms with E-state index in [1.807, 2.05) is 4.90 Å². The first-order chi connectivity index (χ1) is 19.1. The Kier molecular flexibility index (Phi) is 9.76. The van der Waals surface area contributed by atoms with E-state index in [1.165, 1.54) is 11.3 Å². The molecule has 3 aromatic rings. The minimum absolute atomic E-state index is 0.0195. The average molecular weight is 585 g/mol. The van der Waals surface area contributed by atoms with E-state index in [0.717, 1.165) is 16.5 Å². The first kappa shape index (κ1) is 29.5. The Morgan fingerprint density at radius 3 is 2.60 bits per heavy atom. The molecule has 1 aliphatic heterocycles. The third-order valence-corrected chi connectivity index (χ3v) is 8.85. The van der Waals surface area contributed by atoms with Gasteiger partial charge in [-0.2, -0.15) is 4.98 Å². The number of thiazole rings is 1. The number of aromatic nitrogens is 5. The Labute approximate surface area is 239 Å². The monoisotopic (exact) mass is 584 g/mol. The standard InChI is InChI=1S/C26H36N8O4SSi/c1-33(2)23(36)12-18-13-29-24(30-14-18)34(17-37-10-11-40(3,4)5)26-31-16-21(39-26)20-8-9-27-25(32-20)38-19-6-7-22(35)28-15-19/h8-9,13-14,16,19H,6-7,10-12,15,17H2,1-5H3,(H,28,35). The third kappa shape index (κ3) is 8.50. The lowest BCUT2D eigenvalue weighted by Crippen LogP contribution is -2.41. The predicted molar refractivity (Wildman–Crippen MR) is 155 cm³/mol. The molecule has 0 aliphatic carbocycles. The number of amides is 2. The maximum atomic E-state index is 12.1. The van der Waals surface area contributed by atoms with E-state index in [1.54, 1.807) is 49.8 Å². The summed E-state index contributed by atoms with van der Waals surface area (Å²) in [5.74, 6) is 0.441. The molecule has 0 bridgehead atoms. The van der Waals surface area contributed by atoms with Crippen LogP contribution in [-0.2, 0) is 20.7 Å². The molecule has 1 fully saturated rings. The van der Waals surface area contributed by atoms with Gasteiger partial charge in [-0.05, 0) is 24.1 Å². The summed E-state index contributed by atoms with van der Waals surface area (Å²) in [7, 11) is 2.19. The van der Waals surface area contributed by atoms with Gasteiger partial charge in [0.25, 0.3) is 0 Å². The van der Waals surface area contributed by atoms with Crippen LogP contribution in [0.25, 0.3) is 10.6 Å².